The Balaban J connectivity index is 4.49. The smallest absolute Gasteiger partial charge is 0.306 e. The third kappa shape index (κ3) is 49.5. The summed E-state index contributed by atoms with van der Waals surface area (Å²) in [6, 6.07) is 0. The molecular formula is C57H96O6. The predicted molar refractivity (Wildman–Crippen MR) is 270 cm³/mol. The Morgan fingerprint density at radius 1 is 0.349 bits per heavy atom. The van der Waals surface area contributed by atoms with E-state index in [1.165, 1.54) is 103 Å². The first kappa shape index (κ1) is 59.6. The fourth-order valence-corrected chi connectivity index (χ4v) is 7.02. The summed E-state index contributed by atoms with van der Waals surface area (Å²) >= 11 is 0. The Morgan fingerprint density at radius 3 is 1.19 bits per heavy atom. The third-order valence-electron chi connectivity index (χ3n) is 10.9. The molecular weight excluding hydrogens is 781 g/mol. The summed E-state index contributed by atoms with van der Waals surface area (Å²) < 4.78 is 16.7. The Hall–Kier alpha value is -3.41. The van der Waals surface area contributed by atoms with Gasteiger partial charge in [-0.25, -0.2) is 0 Å². The van der Waals surface area contributed by atoms with Gasteiger partial charge in [0, 0.05) is 19.3 Å². The first-order valence-corrected chi connectivity index (χ1v) is 26.1. The van der Waals surface area contributed by atoms with Crippen LogP contribution in [0.4, 0.5) is 0 Å². The minimum Gasteiger partial charge on any atom is -0.462 e. The molecule has 0 aromatic heterocycles. The lowest BCUT2D eigenvalue weighted by molar-refractivity contribution is -0.167. The fraction of sp³-hybridized carbons (Fsp3) is 0.702. The second-order valence-corrected chi connectivity index (χ2v) is 17.1. The van der Waals surface area contributed by atoms with E-state index >= 15 is 0 Å². The standard InChI is InChI=1S/C57H96O6/c1-4-7-10-13-16-19-22-25-27-28-30-32-35-38-41-44-47-50-56(59)62-53-54(52-61-55(58)49-46-43-40-37-34-31-24-21-18-15-12-9-6-3)63-57(60)51-48-45-42-39-36-33-29-26-23-20-17-14-11-8-5-2/h9,12,15-16,18-19,21,24-25,27,30,32,38,41,54H,4-8,10-11,13-14,17,20,22-23,26,28-29,31,33-37,39-40,42-53H2,1-3H3/b12-9-,18-15-,19-16-,24-21-,27-25-,32-30-,41-38-. The first-order chi connectivity index (χ1) is 31.0. The topological polar surface area (TPSA) is 78.9 Å². The Labute approximate surface area is 388 Å². The molecule has 1 unspecified atom stereocenters. The number of unbranched alkanes of at least 4 members (excludes halogenated alkanes) is 23. The molecule has 63 heavy (non-hydrogen) atoms. The highest BCUT2D eigenvalue weighted by molar-refractivity contribution is 5.71. The molecule has 0 saturated carbocycles. The molecule has 0 aromatic rings. The minimum atomic E-state index is -0.805. The SMILES string of the molecule is CC\C=C/C=C\C=C/CCCCCCCC(=O)OCC(COC(=O)CCC/C=C\C/C=C\C/C=C\C/C=C\CCCCC)OC(=O)CCCCCCCCCCCCCCCCC. The molecule has 0 radical (unpaired) electrons. The largest absolute Gasteiger partial charge is 0.462 e. The van der Waals surface area contributed by atoms with Crippen LogP contribution in [-0.2, 0) is 28.6 Å². The van der Waals surface area contributed by atoms with Crippen LogP contribution in [0.15, 0.2) is 85.1 Å². The van der Waals surface area contributed by atoms with E-state index in [4.69, 9.17) is 14.2 Å². The molecule has 0 heterocycles. The van der Waals surface area contributed by atoms with Gasteiger partial charge in [-0.15, -0.1) is 0 Å². The molecule has 0 N–H and O–H groups in total. The molecule has 0 amide bonds. The van der Waals surface area contributed by atoms with Crippen LogP contribution in [0.1, 0.15) is 239 Å². The lowest BCUT2D eigenvalue weighted by Crippen LogP contribution is -2.30. The van der Waals surface area contributed by atoms with Crippen molar-refractivity contribution in [3.8, 4) is 0 Å². The predicted octanol–water partition coefficient (Wildman–Crippen LogP) is 17.2. The fourth-order valence-electron chi connectivity index (χ4n) is 7.02. The summed E-state index contributed by atoms with van der Waals surface area (Å²) in [4.78, 5) is 38.0. The Kier molecular flexibility index (Phi) is 48.5. The van der Waals surface area contributed by atoms with Crippen molar-refractivity contribution >= 4 is 17.9 Å². The molecule has 0 bridgehead atoms. The van der Waals surface area contributed by atoms with E-state index in [9.17, 15) is 14.4 Å². The molecule has 0 fully saturated rings. The van der Waals surface area contributed by atoms with Crippen molar-refractivity contribution in [2.45, 2.75) is 245 Å². The number of ether oxygens (including phenoxy) is 3. The third-order valence-corrected chi connectivity index (χ3v) is 10.9. The number of carbonyl (C=O) groups excluding carboxylic acids is 3. The van der Waals surface area contributed by atoms with Crippen molar-refractivity contribution in [2.24, 2.45) is 0 Å². The van der Waals surface area contributed by atoms with Gasteiger partial charge in [0.1, 0.15) is 13.2 Å². The maximum absolute atomic E-state index is 12.8. The summed E-state index contributed by atoms with van der Waals surface area (Å²) in [5.41, 5.74) is 0. The van der Waals surface area contributed by atoms with E-state index in [1.54, 1.807) is 0 Å². The van der Waals surface area contributed by atoms with Crippen molar-refractivity contribution in [3.63, 3.8) is 0 Å². The highest BCUT2D eigenvalue weighted by Gasteiger charge is 2.19. The maximum atomic E-state index is 12.8. The first-order valence-electron chi connectivity index (χ1n) is 26.1. The highest BCUT2D eigenvalue weighted by Crippen LogP contribution is 2.15. The van der Waals surface area contributed by atoms with Gasteiger partial charge in [0.05, 0.1) is 0 Å². The van der Waals surface area contributed by atoms with Crippen LogP contribution in [0.3, 0.4) is 0 Å². The number of allylic oxidation sites excluding steroid dienone is 14. The number of hydrogen-bond donors (Lipinski definition) is 0. The van der Waals surface area contributed by atoms with E-state index in [0.29, 0.717) is 19.3 Å². The van der Waals surface area contributed by atoms with Crippen molar-refractivity contribution in [2.75, 3.05) is 13.2 Å². The van der Waals surface area contributed by atoms with Crippen LogP contribution in [-0.4, -0.2) is 37.2 Å². The summed E-state index contributed by atoms with van der Waals surface area (Å²) in [7, 11) is 0. The van der Waals surface area contributed by atoms with Crippen LogP contribution in [0.5, 0.6) is 0 Å². The molecule has 0 aliphatic rings. The second kappa shape index (κ2) is 51.2. The molecule has 0 aliphatic carbocycles. The van der Waals surface area contributed by atoms with Crippen LogP contribution in [0.2, 0.25) is 0 Å². The van der Waals surface area contributed by atoms with Crippen molar-refractivity contribution in [1.82, 2.24) is 0 Å². The molecule has 6 nitrogen and oxygen atoms in total. The molecule has 6 heteroatoms. The van der Waals surface area contributed by atoms with E-state index in [-0.39, 0.29) is 37.5 Å². The highest BCUT2D eigenvalue weighted by atomic mass is 16.6. The lowest BCUT2D eigenvalue weighted by atomic mass is 10.0. The molecule has 0 saturated heterocycles. The monoisotopic (exact) mass is 877 g/mol. The zero-order chi connectivity index (χ0) is 45.8. The van der Waals surface area contributed by atoms with Gasteiger partial charge in [-0.05, 0) is 77.0 Å². The van der Waals surface area contributed by atoms with E-state index < -0.39 is 6.10 Å². The van der Waals surface area contributed by atoms with E-state index in [2.05, 4.69) is 106 Å². The summed E-state index contributed by atoms with van der Waals surface area (Å²) in [5, 5.41) is 0. The van der Waals surface area contributed by atoms with Crippen molar-refractivity contribution < 1.29 is 28.6 Å². The van der Waals surface area contributed by atoms with Gasteiger partial charge in [0.15, 0.2) is 6.10 Å². The molecule has 0 rings (SSSR count). The van der Waals surface area contributed by atoms with Gasteiger partial charge < -0.3 is 14.2 Å². The average Bonchev–Trinajstić information content (AvgIpc) is 3.28. The van der Waals surface area contributed by atoms with Gasteiger partial charge in [-0.1, -0.05) is 228 Å². The average molecular weight is 877 g/mol. The van der Waals surface area contributed by atoms with Crippen LogP contribution in [0.25, 0.3) is 0 Å². The van der Waals surface area contributed by atoms with Crippen molar-refractivity contribution in [3.05, 3.63) is 85.1 Å². The lowest BCUT2D eigenvalue weighted by Gasteiger charge is -2.18. The zero-order valence-corrected chi connectivity index (χ0v) is 41.1. The van der Waals surface area contributed by atoms with Gasteiger partial charge in [0.2, 0.25) is 0 Å². The quantitative estimate of drug-likeness (QED) is 0.0199. The number of esters is 3. The second-order valence-electron chi connectivity index (χ2n) is 17.1. The number of hydrogen-bond acceptors (Lipinski definition) is 6. The summed E-state index contributed by atoms with van der Waals surface area (Å²) in [6.45, 7) is 6.41. The number of carbonyl (C=O) groups is 3. The number of rotatable bonds is 46. The van der Waals surface area contributed by atoms with Crippen molar-refractivity contribution in [1.29, 1.82) is 0 Å². The van der Waals surface area contributed by atoms with Gasteiger partial charge >= 0.3 is 17.9 Å². The summed E-state index contributed by atoms with van der Waals surface area (Å²) in [5.74, 6) is -0.978. The van der Waals surface area contributed by atoms with Gasteiger partial charge in [-0.3, -0.25) is 14.4 Å². The van der Waals surface area contributed by atoms with Crippen LogP contribution < -0.4 is 0 Å². The zero-order valence-electron chi connectivity index (χ0n) is 41.1. The Morgan fingerprint density at radius 2 is 0.698 bits per heavy atom. The van der Waals surface area contributed by atoms with E-state index in [1.807, 2.05) is 0 Å². The van der Waals surface area contributed by atoms with E-state index in [0.717, 1.165) is 89.9 Å². The molecule has 0 aromatic carbocycles. The van der Waals surface area contributed by atoms with Crippen LogP contribution in [0, 0.1) is 0 Å². The molecule has 1 atom stereocenters. The maximum Gasteiger partial charge on any atom is 0.306 e. The van der Waals surface area contributed by atoms with Gasteiger partial charge in [-0.2, -0.15) is 0 Å². The van der Waals surface area contributed by atoms with Gasteiger partial charge in [0.25, 0.3) is 0 Å². The molecule has 0 spiro atoms. The molecule has 360 valence electrons. The normalized spacial score (nSPS) is 12.7. The molecule has 0 aliphatic heterocycles. The summed E-state index contributed by atoms with van der Waals surface area (Å²) in [6.07, 6.45) is 65.7. The minimum absolute atomic E-state index is 0.103. The van der Waals surface area contributed by atoms with Crippen LogP contribution >= 0.6 is 0 Å². The Bertz CT molecular complexity index is 1240.